The van der Waals surface area contributed by atoms with Crippen molar-refractivity contribution in [2.75, 3.05) is 0 Å². The molecular weight excluding hydrogens is 284 g/mol. The summed E-state index contributed by atoms with van der Waals surface area (Å²) in [4.78, 5) is 0. The van der Waals surface area contributed by atoms with Crippen molar-refractivity contribution in [1.82, 2.24) is 20.1 Å². The largest absolute Gasteiger partial charge is 0.306 e. The summed E-state index contributed by atoms with van der Waals surface area (Å²) in [7, 11) is 0. The van der Waals surface area contributed by atoms with Crippen LogP contribution in [0.15, 0.2) is 60.9 Å². The normalized spacial score (nSPS) is 10.7. The Morgan fingerprint density at radius 1 is 0.952 bits per heavy atom. The second-order valence-electron chi connectivity index (χ2n) is 4.68. The van der Waals surface area contributed by atoms with Gasteiger partial charge in [-0.3, -0.25) is 4.57 Å². The summed E-state index contributed by atoms with van der Waals surface area (Å²) < 4.78 is 1.98. The van der Waals surface area contributed by atoms with E-state index in [4.69, 9.17) is 11.6 Å². The first-order valence-electron chi connectivity index (χ1n) is 6.72. The fourth-order valence-corrected chi connectivity index (χ4v) is 2.23. The monoisotopic (exact) mass is 298 g/mol. The van der Waals surface area contributed by atoms with E-state index in [0.717, 1.165) is 23.1 Å². The van der Waals surface area contributed by atoms with Crippen LogP contribution in [0.1, 0.15) is 11.4 Å². The van der Waals surface area contributed by atoms with Gasteiger partial charge in [-0.15, -0.1) is 10.2 Å². The molecule has 1 N–H and O–H groups in total. The van der Waals surface area contributed by atoms with E-state index in [9.17, 15) is 0 Å². The number of nitrogens with one attached hydrogen (secondary N) is 1. The molecular formula is C16H15ClN4. The molecule has 1 heterocycles. The zero-order valence-electron chi connectivity index (χ0n) is 11.4. The second kappa shape index (κ2) is 6.52. The molecule has 21 heavy (non-hydrogen) atoms. The highest BCUT2D eigenvalue weighted by Crippen LogP contribution is 2.10. The first-order valence-corrected chi connectivity index (χ1v) is 7.10. The lowest BCUT2D eigenvalue weighted by molar-refractivity contribution is 0.651. The smallest absolute Gasteiger partial charge is 0.151 e. The van der Waals surface area contributed by atoms with E-state index in [1.807, 2.05) is 59.2 Å². The molecule has 0 fully saturated rings. The van der Waals surface area contributed by atoms with E-state index in [-0.39, 0.29) is 0 Å². The highest BCUT2D eigenvalue weighted by Gasteiger charge is 2.05. The Labute approximate surface area is 128 Å². The van der Waals surface area contributed by atoms with Crippen molar-refractivity contribution in [3.8, 4) is 5.69 Å². The standard InChI is InChI=1S/C16H15ClN4/c17-14-8-6-13(7-9-14)10-18-11-16-20-19-12-21(16)15-4-2-1-3-5-15/h1-9,12,18H,10-11H2. The summed E-state index contributed by atoms with van der Waals surface area (Å²) in [6.45, 7) is 1.41. The zero-order valence-corrected chi connectivity index (χ0v) is 12.2. The number of para-hydroxylation sites is 1. The van der Waals surface area contributed by atoms with E-state index in [2.05, 4.69) is 15.5 Å². The van der Waals surface area contributed by atoms with Gasteiger partial charge in [0, 0.05) is 17.3 Å². The van der Waals surface area contributed by atoms with Crippen LogP contribution in [-0.4, -0.2) is 14.8 Å². The van der Waals surface area contributed by atoms with E-state index in [1.165, 1.54) is 5.56 Å². The highest BCUT2D eigenvalue weighted by molar-refractivity contribution is 6.30. The van der Waals surface area contributed by atoms with Crippen LogP contribution in [0.3, 0.4) is 0 Å². The molecule has 3 rings (SSSR count). The lowest BCUT2D eigenvalue weighted by Gasteiger charge is -2.08. The first-order chi connectivity index (χ1) is 10.3. The SMILES string of the molecule is Clc1ccc(CNCc2nncn2-c2ccccc2)cc1. The molecule has 0 aliphatic heterocycles. The Morgan fingerprint density at radius 3 is 2.48 bits per heavy atom. The number of aromatic nitrogens is 3. The van der Waals surface area contributed by atoms with Crippen molar-refractivity contribution >= 4 is 11.6 Å². The van der Waals surface area contributed by atoms with Crippen LogP contribution < -0.4 is 5.32 Å². The van der Waals surface area contributed by atoms with Gasteiger partial charge >= 0.3 is 0 Å². The molecule has 0 atom stereocenters. The van der Waals surface area contributed by atoms with Crippen LogP contribution in [0.2, 0.25) is 5.02 Å². The van der Waals surface area contributed by atoms with Gasteiger partial charge in [0.15, 0.2) is 5.82 Å². The molecule has 3 aromatic rings. The van der Waals surface area contributed by atoms with Gasteiger partial charge in [0.2, 0.25) is 0 Å². The highest BCUT2D eigenvalue weighted by atomic mass is 35.5. The summed E-state index contributed by atoms with van der Waals surface area (Å²) in [5.74, 6) is 0.884. The van der Waals surface area contributed by atoms with Crippen LogP contribution in [0.25, 0.3) is 5.69 Å². The maximum Gasteiger partial charge on any atom is 0.151 e. The molecule has 106 valence electrons. The molecule has 0 aliphatic carbocycles. The van der Waals surface area contributed by atoms with Crippen LogP contribution >= 0.6 is 11.6 Å². The van der Waals surface area contributed by atoms with Crippen molar-refractivity contribution in [2.45, 2.75) is 13.1 Å². The van der Waals surface area contributed by atoms with Crippen LogP contribution in [-0.2, 0) is 13.1 Å². The summed E-state index contributed by atoms with van der Waals surface area (Å²) in [5, 5.41) is 12.3. The molecule has 4 nitrogen and oxygen atoms in total. The molecule has 0 aliphatic rings. The maximum absolute atomic E-state index is 5.87. The predicted octanol–water partition coefficient (Wildman–Crippen LogP) is 3.21. The topological polar surface area (TPSA) is 42.7 Å². The fraction of sp³-hybridized carbons (Fsp3) is 0.125. The molecule has 0 unspecified atom stereocenters. The van der Waals surface area contributed by atoms with Crippen molar-refractivity contribution in [1.29, 1.82) is 0 Å². The van der Waals surface area contributed by atoms with E-state index in [0.29, 0.717) is 6.54 Å². The number of rotatable bonds is 5. The van der Waals surface area contributed by atoms with E-state index >= 15 is 0 Å². The first kappa shape index (κ1) is 13.8. The third kappa shape index (κ3) is 3.48. The van der Waals surface area contributed by atoms with Crippen LogP contribution in [0.5, 0.6) is 0 Å². The quantitative estimate of drug-likeness (QED) is 0.786. The van der Waals surface area contributed by atoms with Crippen molar-refractivity contribution in [3.63, 3.8) is 0 Å². The third-order valence-electron chi connectivity index (χ3n) is 3.18. The Bertz CT molecular complexity index is 692. The zero-order chi connectivity index (χ0) is 14.5. The molecule has 0 saturated carbocycles. The van der Waals surface area contributed by atoms with Gasteiger partial charge in [0.1, 0.15) is 6.33 Å². The summed E-state index contributed by atoms with van der Waals surface area (Å²) in [6, 6.07) is 17.9. The van der Waals surface area contributed by atoms with Crippen molar-refractivity contribution in [2.24, 2.45) is 0 Å². The van der Waals surface area contributed by atoms with Gasteiger partial charge in [0.25, 0.3) is 0 Å². The number of halogens is 1. The Balaban J connectivity index is 1.64. The minimum Gasteiger partial charge on any atom is -0.306 e. The lowest BCUT2D eigenvalue weighted by Crippen LogP contribution is -2.16. The molecule has 0 radical (unpaired) electrons. The fourth-order valence-electron chi connectivity index (χ4n) is 2.10. The van der Waals surface area contributed by atoms with Gasteiger partial charge in [-0.2, -0.15) is 0 Å². The van der Waals surface area contributed by atoms with Gasteiger partial charge in [-0.05, 0) is 29.8 Å². The molecule has 0 amide bonds. The average molecular weight is 299 g/mol. The number of benzene rings is 2. The maximum atomic E-state index is 5.87. The molecule has 0 saturated heterocycles. The summed E-state index contributed by atoms with van der Waals surface area (Å²) in [6.07, 6.45) is 1.73. The molecule has 1 aromatic heterocycles. The van der Waals surface area contributed by atoms with Gasteiger partial charge < -0.3 is 5.32 Å². The van der Waals surface area contributed by atoms with Crippen molar-refractivity contribution in [3.05, 3.63) is 77.3 Å². The van der Waals surface area contributed by atoms with E-state index in [1.54, 1.807) is 6.33 Å². The van der Waals surface area contributed by atoms with Gasteiger partial charge in [0.05, 0.1) is 6.54 Å². The molecule has 0 bridgehead atoms. The van der Waals surface area contributed by atoms with E-state index < -0.39 is 0 Å². The summed E-state index contributed by atoms with van der Waals surface area (Å²) in [5.41, 5.74) is 2.25. The minimum atomic E-state index is 0.650. The lowest BCUT2D eigenvalue weighted by atomic mass is 10.2. The third-order valence-corrected chi connectivity index (χ3v) is 3.43. The van der Waals surface area contributed by atoms with Gasteiger partial charge in [-0.1, -0.05) is 41.9 Å². The predicted molar refractivity (Wildman–Crippen MR) is 83.4 cm³/mol. The van der Waals surface area contributed by atoms with Crippen molar-refractivity contribution < 1.29 is 0 Å². The minimum absolute atomic E-state index is 0.650. The molecule has 2 aromatic carbocycles. The number of hydrogen-bond acceptors (Lipinski definition) is 3. The second-order valence-corrected chi connectivity index (χ2v) is 5.12. The average Bonchev–Trinajstić information content (AvgIpc) is 2.99. The van der Waals surface area contributed by atoms with Crippen LogP contribution in [0, 0.1) is 0 Å². The summed E-state index contributed by atoms with van der Waals surface area (Å²) >= 11 is 5.87. The molecule has 5 heteroatoms. The number of hydrogen-bond donors (Lipinski definition) is 1. The Kier molecular flexibility index (Phi) is 4.28. The van der Waals surface area contributed by atoms with Gasteiger partial charge in [-0.25, -0.2) is 0 Å². The Morgan fingerprint density at radius 2 is 1.71 bits per heavy atom. The Hall–Kier alpha value is -2.17. The number of nitrogens with zero attached hydrogens (tertiary/aromatic N) is 3. The molecule has 0 spiro atoms. The van der Waals surface area contributed by atoms with Crippen LogP contribution in [0.4, 0.5) is 0 Å².